The fourth-order valence-corrected chi connectivity index (χ4v) is 10.3. The summed E-state index contributed by atoms with van der Waals surface area (Å²) in [5.41, 5.74) is 13.5. The summed E-state index contributed by atoms with van der Waals surface area (Å²) in [6.07, 6.45) is 0. The summed E-state index contributed by atoms with van der Waals surface area (Å²) in [6, 6.07) is 73.7. The van der Waals surface area contributed by atoms with E-state index in [0.29, 0.717) is 5.95 Å². The maximum absolute atomic E-state index is 5.63. The molecule has 0 radical (unpaired) electrons. The van der Waals surface area contributed by atoms with Crippen LogP contribution in [0.2, 0.25) is 0 Å². The molecule has 0 fully saturated rings. The number of benzene rings is 9. The van der Waals surface area contributed by atoms with Crippen LogP contribution in [0.1, 0.15) is 0 Å². The third-order valence-electron chi connectivity index (χ3n) is 13.0. The second-order valence-electron chi connectivity index (χ2n) is 16.4. The molecule has 0 saturated heterocycles. The zero-order valence-corrected chi connectivity index (χ0v) is 33.8. The van der Waals surface area contributed by atoms with Gasteiger partial charge in [-0.1, -0.05) is 146 Å². The molecule has 292 valence electrons. The normalized spacial score (nSPS) is 12.1. The van der Waals surface area contributed by atoms with E-state index >= 15 is 0 Å². The second-order valence-corrected chi connectivity index (χ2v) is 16.4. The number of fused-ring (bicyclic) bond motifs is 16. The Morgan fingerprint density at radius 3 is 1.73 bits per heavy atom. The summed E-state index contributed by atoms with van der Waals surface area (Å²) < 4.78 is 6.87. The molecule has 0 spiro atoms. The molecule has 0 unspecified atom stereocenters. The van der Waals surface area contributed by atoms with E-state index < -0.39 is 0 Å². The van der Waals surface area contributed by atoms with Crippen LogP contribution in [0.25, 0.3) is 127 Å². The Morgan fingerprint density at radius 2 is 0.921 bits per heavy atom. The molecule has 14 rings (SSSR count). The van der Waals surface area contributed by atoms with Crippen LogP contribution in [0.3, 0.4) is 0 Å². The lowest BCUT2D eigenvalue weighted by atomic mass is 9.99. The van der Waals surface area contributed by atoms with Crippen LogP contribution in [0.15, 0.2) is 206 Å². The number of hydrogen-bond donors (Lipinski definition) is 0. The monoisotopic (exact) mass is 802 g/mol. The Bertz CT molecular complexity index is 4200. The molecule has 5 aromatic heterocycles. The van der Waals surface area contributed by atoms with Crippen molar-refractivity contribution >= 4 is 92.9 Å². The Hall–Kier alpha value is -8.61. The highest BCUT2D eigenvalue weighted by molar-refractivity contribution is 6.22. The lowest BCUT2D eigenvalue weighted by Crippen LogP contribution is -2.06. The molecule has 0 aliphatic rings. The van der Waals surface area contributed by atoms with Gasteiger partial charge in [-0.2, -0.15) is 4.98 Å². The van der Waals surface area contributed by atoms with Crippen molar-refractivity contribution < 1.29 is 0 Å². The van der Waals surface area contributed by atoms with Crippen molar-refractivity contribution in [3.63, 3.8) is 0 Å². The molecule has 0 saturated carbocycles. The summed E-state index contributed by atoms with van der Waals surface area (Å²) in [7, 11) is 0. The molecule has 6 heteroatoms. The minimum atomic E-state index is 0.605. The van der Waals surface area contributed by atoms with Gasteiger partial charge in [0.1, 0.15) is 5.65 Å². The third-order valence-corrected chi connectivity index (χ3v) is 13.0. The fourth-order valence-electron chi connectivity index (χ4n) is 10.3. The number of aromatic nitrogens is 6. The van der Waals surface area contributed by atoms with Crippen LogP contribution >= 0.6 is 0 Å². The number of imidazole rings is 1. The van der Waals surface area contributed by atoms with Crippen molar-refractivity contribution in [1.29, 1.82) is 0 Å². The second kappa shape index (κ2) is 12.9. The topological polar surface area (TPSA) is 52.9 Å². The van der Waals surface area contributed by atoms with Gasteiger partial charge in [0, 0.05) is 38.2 Å². The van der Waals surface area contributed by atoms with Gasteiger partial charge in [0.05, 0.1) is 44.2 Å². The molecule has 0 amide bonds. The molecule has 14 aromatic rings. The maximum atomic E-state index is 5.63. The van der Waals surface area contributed by atoms with Crippen molar-refractivity contribution in [2.45, 2.75) is 0 Å². The summed E-state index contributed by atoms with van der Waals surface area (Å²) in [4.78, 5) is 16.4. The molecular formula is C57H34N6. The number of para-hydroxylation sites is 4. The molecule has 5 heterocycles. The highest BCUT2D eigenvalue weighted by Gasteiger charge is 2.24. The number of rotatable bonds is 4. The van der Waals surface area contributed by atoms with E-state index in [4.69, 9.17) is 15.0 Å². The molecule has 0 bridgehead atoms. The summed E-state index contributed by atoms with van der Waals surface area (Å²) in [6.45, 7) is 0. The Balaban J connectivity index is 1.08. The maximum Gasteiger partial charge on any atom is 0.237 e. The van der Waals surface area contributed by atoms with E-state index in [-0.39, 0.29) is 0 Å². The fraction of sp³-hybridized carbons (Fsp3) is 0. The molecule has 63 heavy (non-hydrogen) atoms. The zero-order chi connectivity index (χ0) is 41.2. The lowest BCUT2D eigenvalue weighted by molar-refractivity contribution is 1.00. The van der Waals surface area contributed by atoms with E-state index in [0.717, 1.165) is 83.0 Å². The van der Waals surface area contributed by atoms with Crippen LogP contribution in [-0.2, 0) is 0 Å². The van der Waals surface area contributed by atoms with Crippen LogP contribution in [0.4, 0.5) is 0 Å². The molecule has 9 aromatic carbocycles. The first kappa shape index (κ1) is 34.1. The smallest absolute Gasteiger partial charge is 0.237 e. The third kappa shape index (κ3) is 4.86. The van der Waals surface area contributed by atoms with E-state index in [1.807, 2.05) is 6.07 Å². The van der Waals surface area contributed by atoms with Crippen molar-refractivity contribution in [1.82, 2.24) is 28.5 Å². The summed E-state index contributed by atoms with van der Waals surface area (Å²) in [5.74, 6) is 0.605. The first-order chi connectivity index (χ1) is 31.3. The van der Waals surface area contributed by atoms with Gasteiger partial charge in [-0.3, -0.25) is 8.97 Å². The van der Waals surface area contributed by atoms with Gasteiger partial charge in [0.2, 0.25) is 5.95 Å². The zero-order valence-electron chi connectivity index (χ0n) is 33.8. The largest absolute Gasteiger partial charge is 0.309 e. The highest BCUT2D eigenvalue weighted by Crippen LogP contribution is 2.42. The van der Waals surface area contributed by atoms with Crippen molar-refractivity contribution in [3.8, 4) is 34.0 Å². The van der Waals surface area contributed by atoms with Crippen LogP contribution < -0.4 is 0 Å². The molecular weight excluding hydrogens is 769 g/mol. The standard InChI is InChI=1S/C57H34N6/c1-3-16-36(17-4-1)54-53-42-22-9-10-23-43(42)55-58-46-24-12-14-26-50(46)63(55)56(53)60-57(59-54)62-49-31-29-38(34-45(49)52-40-20-8-7-15-35(40)27-32-51(52)62)37-28-30-48-44(33-37)41-21-11-13-25-47(41)61(48)39-18-5-2-6-19-39/h1-34H. The first-order valence-electron chi connectivity index (χ1n) is 21.4. The van der Waals surface area contributed by atoms with Crippen LogP contribution in [0, 0.1) is 0 Å². The van der Waals surface area contributed by atoms with E-state index in [1.165, 1.54) is 38.0 Å². The molecule has 6 nitrogen and oxygen atoms in total. The average molecular weight is 803 g/mol. The molecule has 0 aliphatic carbocycles. The molecule has 0 aliphatic heterocycles. The first-order valence-corrected chi connectivity index (χ1v) is 21.4. The van der Waals surface area contributed by atoms with Gasteiger partial charge in [-0.15, -0.1) is 0 Å². The van der Waals surface area contributed by atoms with Gasteiger partial charge in [-0.05, 0) is 87.9 Å². The van der Waals surface area contributed by atoms with Crippen LogP contribution in [0.5, 0.6) is 0 Å². The molecule has 0 N–H and O–H groups in total. The quantitative estimate of drug-likeness (QED) is 0.167. The summed E-state index contributed by atoms with van der Waals surface area (Å²) >= 11 is 0. The predicted molar refractivity (Wildman–Crippen MR) is 260 cm³/mol. The molecule has 0 atom stereocenters. The Labute approximate surface area is 360 Å². The van der Waals surface area contributed by atoms with Crippen molar-refractivity contribution in [3.05, 3.63) is 206 Å². The lowest BCUT2D eigenvalue weighted by Gasteiger charge is -2.15. The highest BCUT2D eigenvalue weighted by atomic mass is 15.2. The van der Waals surface area contributed by atoms with Crippen molar-refractivity contribution in [2.24, 2.45) is 0 Å². The van der Waals surface area contributed by atoms with E-state index in [1.54, 1.807) is 0 Å². The van der Waals surface area contributed by atoms with Gasteiger partial charge in [-0.25, -0.2) is 9.97 Å². The summed E-state index contributed by atoms with van der Waals surface area (Å²) in [5, 5.41) is 10.3. The van der Waals surface area contributed by atoms with E-state index in [9.17, 15) is 0 Å². The Kier molecular flexibility index (Phi) is 7.02. The minimum absolute atomic E-state index is 0.605. The average Bonchev–Trinajstić information content (AvgIpc) is 4.02. The number of hydrogen-bond acceptors (Lipinski definition) is 3. The predicted octanol–water partition coefficient (Wildman–Crippen LogP) is 14.3. The van der Waals surface area contributed by atoms with Crippen molar-refractivity contribution in [2.75, 3.05) is 0 Å². The van der Waals surface area contributed by atoms with E-state index in [2.05, 4.69) is 214 Å². The number of nitrogens with zero attached hydrogens (tertiary/aromatic N) is 6. The van der Waals surface area contributed by atoms with Gasteiger partial charge >= 0.3 is 0 Å². The Morgan fingerprint density at radius 1 is 0.317 bits per heavy atom. The van der Waals surface area contributed by atoms with Gasteiger partial charge < -0.3 is 4.57 Å². The SMILES string of the molecule is c1ccc(-c2nc(-n3c4ccc(-c5ccc6c(c5)c5ccccc5n6-c5ccccc5)cc4c4c5ccccc5ccc43)nc3c2c2ccccc2c2nc4ccccc4n23)cc1. The van der Waals surface area contributed by atoms with Crippen LogP contribution in [-0.4, -0.2) is 28.5 Å². The van der Waals surface area contributed by atoms with Gasteiger partial charge in [0.25, 0.3) is 0 Å². The minimum Gasteiger partial charge on any atom is -0.309 e. The van der Waals surface area contributed by atoms with Gasteiger partial charge in [0.15, 0.2) is 5.65 Å². The number of pyridine rings is 1.